The monoisotopic (exact) mass is 398 g/mol. The number of morpholine rings is 1. The van der Waals surface area contributed by atoms with Gasteiger partial charge in [0, 0.05) is 36.8 Å². The fraction of sp³-hybridized carbons (Fsp3) is 0.478. The van der Waals surface area contributed by atoms with E-state index in [1.807, 2.05) is 48.5 Å². The Labute approximate surface area is 172 Å². The topological polar surface area (TPSA) is 77.2 Å². The van der Waals surface area contributed by atoms with Crippen molar-refractivity contribution in [2.75, 3.05) is 38.6 Å². The minimum atomic E-state index is -0.469. The Hall–Kier alpha value is -1.96. The number of nitrogen functional groups attached to an aromatic ring is 1. The molecule has 3 N–H and O–H groups in total. The number of ether oxygens (including phenoxy) is 3. The molecule has 2 aromatic rings. The van der Waals surface area contributed by atoms with Gasteiger partial charge in [-0.25, -0.2) is 0 Å². The molecule has 2 aromatic carbocycles. The van der Waals surface area contributed by atoms with Crippen molar-refractivity contribution in [3.63, 3.8) is 0 Å². The van der Waals surface area contributed by atoms with Crippen LogP contribution in [0, 0.1) is 5.92 Å². The molecule has 6 heteroatoms. The maximum absolute atomic E-state index is 9.35. The van der Waals surface area contributed by atoms with E-state index in [-0.39, 0.29) is 24.7 Å². The van der Waals surface area contributed by atoms with Gasteiger partial charge < -0.3 is 25.1 Å². The third-order valence-electron chi connectivity index (χ3n) is 5.85. The Morgan fingerprint density at radius 3 is 2.48 bits per heavy atom. The second-order valence-corrected chi connectivity index (χ2v) is 7.91. The van der Waals surface area contributed by atoms with E-state index >= 15 is 0 Å². The van der Waals surface area contributed by atoms with Gasteiger partial charge in [0.15, 0.2) is 6.29 Å². The third-order valence-corrected chi connectivity index (χ3v) is 5.85. The molecule has 0 aromatic heterocycles. The summed E-state index contributed by atoms with van der Waals surface area (Å²) in [4.78, 5) is 2.40. The van der Waals surface area contributed by atoms with Crippen LogP contribution in [0.5, 0.6) is 0 Å². The summed E-state index contributed by atoms with van der Waals surface area (Å²) in [5, 5.41) is 9.35. The molecule has 4 atom stereocenters. The van der Waals surface area contributed by atoms with Gasteiger partial charge in [-0.2, -0.15) is 0 Å². The highest BCUT2D eigenvalue weighted by molar-refractivity contribution is 5.41. The average molecular weight is 399 g/mol. The van der Waals surface area contributed by atoms with Crippen LogP contribution in [0.15, 0.2) is 48.5 Å². The molecule has 6 nitrogen and oxygen atoms in total. The Morgan fingerprint density at radius 1 is 1.03 bits per heavy atom. The van der Waals surface area contributed by atoms with Crippen molar-refractivity contribution >= 4 is 5.69 Å². The Bertz CT molecular complexity index is 792. The SMILES string of the molecule is CC1C(CN2CCOCC2)OC(c2cccc(N)c2)OC1c1ccc(CO)cc1. The van der Waals surface area contributed by atoms with Crippen LogP contribution in [0.1, 0.15) is 36.0 Å². The first-order valence-electron chi connectivity index (χ1n) is 10.3. The molecule has 0 aliphatic carbocycles. The Kier molecular flexibility index (Phi) is 6.47. The number of hydrogen-bond donors (Lipinski definition) is 2. The van der Waals surface area contributed by atoms with Crippen molar-refractivity contribution in [2.45, 2.75) is 32.0 Å². The fourth-order valence-electron chi connectivity index (χ4n) is 4.07. The van der Waals surface area contributed by atoms with Gasteiger partial charge in [0.25, 0.3) is 0 Å². The number of nitrogens with two attached hydrogens (primary N) is 1. The minimum Gasteiger partial charge on any atom is -0.399 e. The molecular formula is C23H30N2O4. The van der Waals surface area contributed by atoms with Crippen LogP contribution in [0.2, 0.25) is 0 Å². The lowest BCUT2D eigenvalue weighted by Gasteiger charge is -2.43. The van der Waals surface area contributed by atoms with Crippen molar-refractivity contribution in [1.82, 2.24) is 4.90 Å². The van der Waals surface area contributed by atoms with Crippen LogP contribution in [-0.4, -0.2) is 49.0 Å². The molecule has 2 saturated heterocycles. The first-order chi connectivity index (χ1) is 14.1. The van der Waals surface area contributed by atoms with E-state index in [4.69, 9.17) is 19.9 Å². The van der Waals surface area contributed by atoms with E-state index in [1.54, 1.807) is 0 Å². The minimum absolute atomic E-state index is 0.0239. The summed E-state index contributed by atoms with van der Waals surface area (Å²) in [6.07, 6.45) is -0.548. The van der Waals surface area contributed by atoms with Crippen LogP contribution >= 0.6 is 0 Å². The molecule has 4 unspecified atom stereocenters. The van der Waals surface area contributed by atoms with E-state index in [0.29, 0.717) is 5.69 Å². The van der Waals surface area contributed by atoms with Gasteiger partial charge in [0.05, 0.1) is 32.0 Å². The van der Waals surface area contributed by atoms with Gasteiger partial charge in [-0.15, -0.1) is 0 Å². The standard InChI is InChI=1S/C23H30N2O4/c1-16-21(14-25-9-11-27-12-10-25)28-23(19-3-2-4-20(24)13-19)29-22(16)18-7-5-17(15-26)6-8-18/h2-8,13,16,21-23,26H,9-12,14-15,24H2,1H3. The second kappa shape index (κ2) is 9.24. The molecule has 4 rings (SSSR count). The quantitative estimate of drug-likeness (QED) is 0.754. The van der Waals surface area contributed by atoms with Crippen molar-refractivity contribution in [3.8, 4) is 0 Å². The van der Waals surface area contributed by atoms with Crippen molar-refractivity contribution < 1.29 is 19.3 Å². The molecule has 29 heavy (non-hydrogen) atoms. The fourth-order valence-corrected chi connectivity index (χ4v) is 4.07. The highest BCUT2D eigenvalue weighted by Crippen LogP contribution is 2.42. The van der Waals surface area contributed by atoms with Gasteiger partial charge in [0.1, 0.15) is 0 Å². The van der Waals surface area contributed by atoms with Crippen LogP contribution in [0.3, 0.4) is 0 Å². The van der Waals surface area contributed by atoms with Gasteiger partial charge >= 0.3 is 0 Å². The summed E-state index contributed by atoms with van der Waals surface area (Å²) in [5.74, 6) is 0.176. The van der Waals surface area contributed by atoms with Crippen LogP contribution < -0.4 is 5.73 Å². The average Bonchev–Trinajstić information content (AvgIpc) is 2.76. The maximum atomic E-state index is 9.35. The molecule has 0 saturated carbocycles. The number of benzene rings is 2. The number of aliphatic hydroxyl groups is 1. The van der Waals surface area contributed by atoms with Gasteiger partial charge in [0.2, 0.25) is 0 Å². The van der Waals surface area contributed by atoms with Gasteiger partial charge in [-0.1, -0.05) is 43.3 Å². The number of nitrogens with zero attached hydrogens (tertiary/aromatic N) is 1. The highest BCUT2D eigenvalue weighted by atomic mass is 16.7. The first kappa shape index (κ1) is 20.3. The lowest BCUT2D eigenvalue weighted by Crippen LogP contribution is -2.47. The van der Waals surface area contributed by atoms with Gasteiger partial charge in [-0.05, 0) is 23.3 Å². The summed E-state index contributed by atoms with van der Waals surface area (Å²) in [5.41, 5.74) is 9.62. The zero-order valence-electron chi connectivity index (χ0n) is 16.9. The molecule has 2 heterocycles. The first-order valence-corrected chi connectivity index (χ1v) is 10.3. The molecule has 2 aliphatic heterocycles. The lowest BCUT2D eigenvalue weighted by atomic mass is 9.90. The summed E-state index contributed by atoms with van der Waals surface area (Å²) in [7, 11) is 0. The molecule has 2 fully saturated rings. The van der Waals surface area contributed by atoms with Crippen LogP contribution in [-0.2, 0) is 20.8 Å². The zero-order valence-corrected chi connectivity index (χ0v) is 16.9. The molecule has 0 radical (unpaired) electrons. The molecule has 2 aliphatic rings. The zero-order chi connectivity index (χ0) is 20.2. The summed E-state index contributed by atoms with van der Waals surface area (Å²) in [6.45, 7) is 6.45. The lowest BCUT2D eigenvalue weighted by molar-refractivity contribution is -0.277. The third kappa shape index (κ3) is 4.79. The number of hydrogen-bond acceptors (Lipinski definition) is 6. The molecular weight excluding hydrogens is 368 g/mol. The summed E-state index contributed by atoms with van der Waals surface area (Å²) in [6, 6.07) is 15.7. The molecule has 0 bridgehead atoms. The second-order valence-electron chi connectivity index (χ2n) is 7.91. The predicted molar refractivity (Wildman–Crippen MR) is 111 cm³/mol. The Morgan fingerprint density at radius 2 is 1.79 bits per heavy atom. The highest BCUT2D eigenvalue weighted by Gasteiger charge is 2.39. The number of rotatable bonds is 5. The largest absolute Gasteiger partial charge is 0.399 e. The summed E-state index contributed by atoms with van der Waals surface area (Å²) < 4.78 is 18.4. The van der Waals surface area contributed by atoms with Crippen molar-refractivity contribution in [2.24, 2.45) is 5.92 Å². The normalized spacial score (nSPS) is 28.3. The van der Waals surface area contributed by atoms with E-state index < -0.39 is 6.29 Å². The predicted octanol–water partition coefficient (Wildman–Crippen LogP) is 2.88. The molecule has 0 spiro atoms. The van der Waals surface area contributed by atoms with E-state index in [9.17, 15) is 5.11 Å². The molecule has 0 amide bonds. The smallest absolute Gasteiger partial charge is 0.185 e. The van der Waals surface area contributed by atoms with Crippen molar-refractivity contribution in [3.05, 3.63) is 65.2 Å². The van der Waals surface area contributed by atoms with E-state index in [2.05, 4.69) is 11.8 Å². The summed E-state index contributed by atoms with van der Waals surface area (Å²) >= 11 is 0. The van der Waals surface area contributed by atoms with Gasteiger partial charge in [-0.3, -0.25) is 4.90 Å². The van der Waals surface area contributed by atoms with E-state index in [0.717, 1.165) is 49.5 Å². The van der Waals surface area contributed by atoms with E-state index in [1.165, 1.54) is 0 Å². The van der Waals surface area contributed by atoms with Crippen LogP contribution in [0.25, 0.3) is 0 Å². The van der Waals surface area contributed by atoms with Crippen molar-refractivity contribution in [1.29, 1.82) is 0 Å². The number of anilines is 1. The van der Waals surface area contributed by atoms with Crippen LogP contribution in [0.4, 0.5) is 5.69 Å². The maximum Gasteiger partial charge on any atom is 0.185 e. The molecule has 156 valence electrons. The number of aliphatic hydroxyl groups excluding tert-OH is 1. The Balaban J connectivity index is 1.59.